The molecule has 0 saturated carbocycles. The average molecular weight is 249 g/mol. The molecule has 1 heteroatoms. The van der Waals surface area contributed by atoms with Gasteiger partial charge in [0, 0.05) is 18.5 Å². The van der Waals surface area contributed by atoms with Crippen LogP contribution in [-0.4, -0.2) is 0 Å². The van der Waals surface area contributed by atoms with Crippen molar-refractivity contribution in [3.05, 3.63) is 70.8 Å². The predicted octanol–water partition coefficient (Wildman–Crippen LogP) is 3.95. The summed E-state index contributed by atoms with van der Waals surface area (Å²) in [4.78, 5) is 0. The Kier molecular flexibility index (Phi) is 2.66. The first-order valence-electron chi connectivity index (χ1n) is 7.32. The van der Waals surface area contributed by atoms with E-state index in [1.165, 1.54) is 30.4 Å². The summed E-state index contributed by atoms with van der Waals surface area (Å²) in [5, 5.41) is 3.75. The van der Waals surface area contributed by atoms with E-state index in [4.69, 9.17) is 0 Å². The Morgan fingerprint density at radius 2 is 1.74 bits per heavy atom. The van der Waals surface area contributed by atoms with Crippen LogP contribution in [0.4, 0.5) is 0 Å². The van der Waals surface area contributed by atoms with Gasteiger partial charge in [-0.1, -0.05) is 48.5 Å². The van der Waals surface area contributed by atoms with Gasteiger partial charge < -0.3 is 5.32 Å². The Morgan fingerprint density at radius 3 is 2.63 bits per heavy atom. The Balaban J connectivity index is 1.81. The maximum atomic E-state index is 3.75. The van der Waals surface area contributed by atoms with E-state index < -0.39 is 0 Å². The molecule has 1 nitrogen and oxygen atoms in total. The van der Waals surface area contributed by atoms with Crippen molar-refractivity contribution in [1.29, 1.82) is 0 Å². The first-order valence-corrected chi connectivity index (χ1v) is 7.32. The van der Waals surface area contributed by atoms with Gasteiger partial charge in [0.25, 0.3) is 0 Å². The van der Waals surface area contributed by atoms with Crippen molar-refractivity contribution in [3.8, 4) is 0 Å². The van der Waals surface area contributed by atoms with Gasteiger partial charge in [-0.25, -0.2) is 0 Å². The average Bonchev–Trinajstić information content (AvgIpc) is 2.49. The second-order valence-electron chi connectivity index (χ2n) is 5.76. The normalized spacial score (nSPS) is 24.8. The fourth-order valence-electron chi connectivity index (χ4n) is 3.88. The van der Waals surface area contributed by atoms with Gasteiger partial charge in [-0.05, 0) is 41.5 Å². The first kappa shape index (κ1) is 11.2. The molecule has 2 unspecified atom stereocenters. The lowest BCUT2D eigenvalue weighted by molar-refractivity contribution is 0.372. The van der Waals surface area contributed by atoms with Crippen molar-refractivity contribution in [3.63, 3.8) is 0 Å². The number of hydrogen-bond acceptors (Lipinski definition) is 1. The van der Waals surface area contributed by atoms with Crippen molar-refractivity contribution < 1.29 is 0 Å². The minimum absolute atomic E-state index is 0.496. The minimum atomic E-state index is 0.496. The molecular formula is C18H19N. The molecule has 1 N–H and O–H groups in total. The highest BCUT2D eigenvalue weighted by Gasteiger charge is 2.33. The van der Waals surface area contributed by atoms with Gasteiger partial charge in [-0.2, -0.15) is 0 Å². The summed E-state index contributed by atoms with van der Waals surface area (Å²) >= 11 is 0. The third-order valence-corrected chi connectivity index (χ3v) is 4.69. The minimum Gasteiger partial charge on any atom is -0.305 e. The molecule has 2 aromatic carbocycles. The highest BCUT2D eigenvalue weighted by atomic mass is 14.9. The van der Waals surface area contributed by atoms with Crippen LogP contribution in [0.15, 0.2) is 48.5 Å². The summed E-state index contributed by atoms with van der Waals surface area (Å²) in [6.45, 7) is 1.01. The molecule has 96 valence electrons. The van der Waals surface area contributed by atoms with Crippen molar-refractivity contribution in [2.24, 2.45) is 0 Å². The zero-order valence-electron chi connectivity index (χ0n) is 11.1. The second kappa shape index (κ2) is 4.50. The van der Waals surface area contributed by atoms with Gasteiger partial charge >= 0.3 is 0 Å². The predicted molar refractivity (Wildman–Crippen MR) is 78.1 cm³/mol. The molecule has 0 fully saturated rings. The van der Waals surface area contributed by atoms with Crippen LogP contribution in [0.5, 0.6) is 0 Å². The van der Waals surface area contributed by atoms with Gasteiger partial charge in [-0.15, -0.1) is 0 Å². The van der Waals surface area contributed by atoms with Crippen molar-refractivity contribution >= 4 is 0 Å². The van der Waals surface area contributed by atoms with Crippen LogP contribution in [0.2, 0.25) is 0 Å². The van der Waals surface area contributed by atoms with Gasteiger partial charge in [-0.3, -0.25) is 0 Å². The third kappa shape index (κ3) is 1.81. The van der Waals surface area contributed by atoms with E-state index in [-0.39, 0.29) is 0 Å². The van der Waals surface area contributed by atoms with Gasteiger partial charge in [0.2, 0.25) is 0 Å². The molecule has 0 spiro atoms. The fourth-order valence-corrected chi connectivity index (χ4v) is 3.88. The molecule has 19 heavy (non-hydrogen) atoms. The van der Waals surface area contributed by atoms with Crippen LogP contribution in [0, 0.1) is 0 Å². The van der Waals surface area contributed by atoms with Gasteiger partial charge in [0.15, 0.2) is 0 Å². The van der Waals surface area contributed by atoms with Gasteiger partial charge in [0.1, 0.15) is 0 Å². The summed E-state index contributed by atoms with van der Waals surface area (Å²) in [6, 6.07) is 18.3. The van der Waals surface area contributed by atoms with E-state index in [0.717, 1.165) is 6.54 Å². The molecule has 2 atom stereocenters. The molecule has 0 radical (unpaired) electrons. The summed E-state index contributed by atoms with van der Waals surface area (Å²) < 4.78 is 0. The Labute approximate surface area is 114 Å². The smallest absolute Gasteiger partial charge is 0.0392 e. The third-order valence-electron chi connectivity index (χ3n) is 4.69. The van der Waals surface area contributed by atoms with Crippen molar-refractivity contribution in [2.75, 3.05) is 0 Å². The lowest BCUT2D eigenvalue weighted by Crippen LogP contribution is -2.34. The Hall–Kier alpha value is -1.60. The largest absolute Gasteiger partial charge is 0.305 e. The molecule has 1 heterocycles. The number of nitrogens with one attached hydrogen (secondary N) is 1. The Morgan fingerprint density at radius 1 is 0.895 bits per heavy atom. The lowest BCUT2D eigenvalue weighted by Gasteiger charge is -2.39. The number of aryl methyl sites for hydroxylation is 1. The van der Waals surface area contributed by atoms with E-state index in [2.05, 4.69) is 53.8 Å². The molecule has 0 amide bonds. The topological polar surface area (TPSA) is 12.0 Å². The van der Waals surface area contributed by atoms with Gasteiger partial charge in [0.05, 0.1) is 0 Å². The lowest BCUT2D eigenvalue weighted by atomic mass is 9.73. The molecule has 2 aromatic rings. The quantitative estimate of drug-likeness (QED) is 0.807. The number of hydrogen-bond donors (Lipinski definition) is 1. The van der Waals surface area contributed by atoms with Crippen LogP contribution in [0.3, 0.4) is 0 Å². The zero-order chi connectivity index (χ0) is 12.7. The summed E-state index contributed by atoms with van der Waals surface area (Å²) in [7, 11) is 0. The van der Waals surface area contributed by atoms with E-state index >= 15 is 0 Å². The summed E-state index contributed by atoms with van der Waals surface area (Å²) in [5.41, 5.74) is 6.21. The SMILES string of the molecule is c1ccc(C2NCc3cccc4c3C2CCC4)cc1. The number of rotatable bonds is 1. The van der Waals surface area contributed by atoms with Crippen molar-refractivity contribution in [1.82, 2.24) is 5.32 Å². The van der Waals surface area contributed by atoms with E-state index in [1.54, 1.807) is 11.1 Å². The van der Waals surface area contributed by atoms with Crippen LogP contribution < -0.4 is 5.32 Å². The maximum absolute atomic E-state index is 3.75. The van der Waals surface area contributed by atoms with E-state index in [1.807, 2.05) is 0 Å². The molecule has 4 rings (SSSR count). The highest BCUT2D eigenvalue weighted by molar-refractivity contribution is 5.44. The molecule has 1 aliphatic heterocycles. The second-order valence-corrected chi connectivity index (χ2v) is 5.76. The molecule has 1 aliphatic carbocycles. The molecule has 0 bridgehead atoms. The first-order chi connectivity index (χ1) is 9.43. The molecule has 0 saturated heterocycles. The molecule has 0 aromatic heterocycles. The van der Waals surface area contributed by atoms with Crippen LogP contribution >= 0.6 is 0 Å². The molecular weight excluding hydrogens is 230 g/mol. The van der Waals surface area contributed by atoms with Crippen LogP contribution in [0.25, 0.3) is 0 Å². The fraction of sp³-hybridized carbons (Fsp3) is 0.333. The van der Waals surface area contributed by atoms with Crippen LogP contribution in [-0.2, 0) is 13.0 Å². The maximum Gasteiger partial charge on any atom is 0.0392 e. The van der Waals surface area contributed by atoms with Crippen LogP contribution in [0.1, 0.15) is 47.1 Å². The van der Waals surface area contributed by atoms with Crippen molar-refractivity contribution in [2.45, 2.75) is 37.8 Å². The number of benzene rings is 2. The highest BCUT2D eigenvalue weighted by Crippen LogP contribution is 2.44. The van der Waals surface area contributed by atoms with E-state index in [9.17, 15) is 0 Å². The standard InChI is InChI=1S/C18H19N/c1-2-6-14(7-3-1)18-16-11-5-9-13-8-4-10-15(12-19-18)17(13)16/h1-4,6-8,10,16,18-19H,5,9,11-12H2. The van der Waals surface area contributed by atoms with E-state index in [0.29, 0.717) is 12.0 Å². The monoisotopic (exact) mass is 249 g/mol. The summed E-state index contributed by atoms with van der Waals surface area (Å²) in [5.74, 6) is 0.663. The zero-order valence-corrected chi connectivity index (χ0v) is 11.1. The summed E-state index contributed by atoms with van der Waals surface area (Å²) in [6.07, 6.45) is 3.91. The molecule has 2 aliphatic rings. The Bertz CT molecular complexity index is 574.